The molecule has 3 aromatic carbocycles. The molecule has 0 saturated carbocycles. The van der Waals surface area contributed by atoms with Gasteiger partial charge in [-0.05, 0) is 36.4 Å². The Bertz CT molecular complexity index is 1300. The molecule has 5 atom stereocenters. The Morgan fingerprint density at radius 3 is 1.60 bits per heavy atom. The number of amides is 1. The van der Waals surface area contributed by atoms with Gasteiger partial charge in [0, 0.05) is 14.0 Å². The molecule has 4 rings (SSSR count). The van der Waals surface area contributed by atoms with E-state index >= 15 is 0 Å². The molecule has 10 heteroatoms. The van der Waals surface area contributed by atoms with Crippen molar-refractivity contribution in [3.05, 3.63) is 108 Å². The summed E-state index contributed by atoms with van der Waals surface area (Å²) in [6.45, 7) is 0.911. The fourth-order valence-corrected chi connectivity index (χ4v) is 4.26. The van der Waals surface area contributed by atoms with Crippen molar-refractivity contribution in [2.45, 2.75) is 37.6 Å². The molecule has 0 bridgehead atoms. The first-order valence-electron chi connectivity index (χ1n) is 12.6. The highest BCUT2D eigenvalue weighted by molar-refractivity contribution is 5.91. The number of hydrogen-bond donors (Lipinski definition) is 1. The van der Waals surface area contributed by atoms with Gasteiger partial charge in [-0.2, -0.15) is 0 Å². The molecule has 1 fully saturated rings. The van der Waals surface area contributed by atoms with E-state index in [4.69, 9.17) is 23.7 Å². The van der Waals surface area contributed by atoms with Crippen LogP contribution in [0.15, 0.2) is 91.0 Å². The van der Waals surface area contributed by atoms with E-state index in [0.29, 0.717) is 5.56 Å². The Morgan fingerprint density at radius 2 is 1.15 bits per heavy atom. The van der Waals surface area contributed by atoms with Gasteiger partial charge < -0.3 is 29.0 Å². The third kappa shape index (κ3) is 7.10. The molecule has 0 radical (unpaired) electrons. The summed E-state index contributed by atoms with van der Waals surface area (Å²) < 4.78 is 28.7. The van der Waals surface area contributed by atoms with E-state index in [0.717, 1.165) is 0 Å². The summed E-state index contributed by atoms with van der Waals surface area (Å²) in [5.41, 5.74) is 0.785. The minimum absolute atomic E-state index is 0.237. The second-order valence-electron chi connectivity index (χ2n) is 8.94. The summed E-state index contributed by atoms with van der Waals surface area (Å²) in [6.07, 6.45) is -4.83. The molecule has 40 heavy (non-hydrogen) atoms. The lowest BCUT2D eigenvalue weighted by atomic mass is 9.95. The molecule has 1 aliphatic heterocycles. The molecule has 3 unspecified atom stereocenters. The number of hydrogen-bond acceptors (Lipinski definition) is 9. The molecule has 1 N–H and O–H groups in total. The van der Waals surface area contributed by atoms with Crippen LogP contribution in [0, 0.1) is 0 Å². The molecular weight excluding hydrogens is 518 g/mol. The predicted molar refractivity (Wildman–Crippen MR) is 141 cm³/mol. The van der Waals surface area contributed by atoms with Crippen LogP contribution < -0.4 is 5.32 Å². The smallest absolute Gasteiger partial charge is 0.338 e. The Balaban J connectivity index is 1.67. The molecule has 1 aliphatic rings. The van der Waals surface area contributed by atoms with Crippen LogP contribution in [0.1, 0.15) is 38.0 Å². The van der Waals surface area contributed by atoms with Gasteiger partial charge >= 0.3 is 17.9 Å². The summed E-state index contributed by atoms with van der Waals surface area (Å²) in [5.74, 6) is -2.54. The average Bonchev–Trinajstić information content (AvgIpc) is 2.99. The Labute approximate surface area is 231 Å². The highest BCUT2D eigenvalue weighted by Gasteiger charge is 2.51. The molecule has 208 valence electrons. The van der Waals surface area contributed by atoms with Crippen molar-refractivity contribution in [2.24, 2.45) is 0 Å². The number of nitrogens with one attached hydrogen (secondary N) is 1. The van der Waals surface area contributed by atoms with E-state index < -0.39 is 54.5 Å². The summed E-state index contributed by atoms with van der Waals surface area (Å²) in [5, 5.41) is 2.68. The van der Waals surface area contributed by atoms with Crippen LogP contribution >= 0.6 is 0 Å². The third-order valence-corrected chi connectivity index (χ3v) is 6.14. The van der Waals surface area contributed by atoms with Crippen molar-refractivity contribution in [1.82, 2.24) is 5.32 Å². The van der Waals surface area contributed by atoms with Crippen LogP contribution in [0.25, 0.3) is 0 Å². The van der Waals surface area contributed by atoms with E-state index in [1.165, 1.54) is 14.0 Å². The van der Waals surface area contributed by atoms with Crippen molar-refractivity contribution in [3.8, 4) is 0 Å². The molecule has 10 nitrogen and oxygen atoms in total. The normalized spacial score (nSPS) is 22.0. The predicted octanol–water partition coefficient (Wildman–Crippen LogP) is 3.17. The van der Waals surface area contributed by atoms with Crippen molar-refractivity contribution >= 4 is 23.8 Å². The zero-order valence-electron chi connectivity index (χ0n) is 21.9. The highest BCUT2D eigenvalue weighted by atomic mass is 16.7. The largest absolute Gasteiger partial charge is 0.459 e. The second kappa shape index (κ2) is 13.5. The van der Waals surface area contributed by atoms with E-state index in [1.54, 1.807) is 91.0 Å². The summed E-state index contributed by atoms with van der Waals surface area (Å²) in [6, 6.07) is 23.7. The van der Waals surface area contributed by atoms with E-state index in [-0.39, 0.29) is 17.7 Å². The van der Waals surface area contributed by atoms with Crippen LogP contribution in [-0.4, -0.2) is 68.2 Å². The molecular formula is C30H29NO9. The van der Waals surface area contributed by atoms with Gasteiger partial charge in [0.2, 0.25) is 5.91 Å². The van der Waals surface area contributed by atoms with Crippen LogP contribution in [0.5, 0.6) is 0 Å². The molecule has 1 amide bonds. The van der Waals surface area contributed by atoms with E-state index in [1.807, 2.05) is 0 Å². The molecule has 0 spiro atoms. The Hall–Kier alpha value is -4.54. The van der Waals surface area contributed by atoms with Gasteiger partial charge in [-0.1, -0.05) is 54.6 Å². The number of carbonyl (C=O) groups is 4. The lowest BCUT2D eigenvalue weighted by molar-refractivity contribution is -0.261. The molecule has 1 saturated heterocycles. The minimum atomic E-state index is -1.30. The fourth-order valence-electron chi connectivity index (χ4n) is 4.26. The maximum Gasteiger partial charge on any atom is 0.338 e. The summed E-state index contributed by atoms with van der Waals surface area (Å²) >= 11 is 0. The quantitative estimate of drug-likeness (QED) is 0.317. The summed E-state index contributed by atoms with van der Waals surface area (Å²) in [7, 11) is 1.35. The third-order valence-electron chi connectivity index (χ3n) is 6.14. The molecule has 0 aliphatic carbocycles. The molecule has 1 heterocycles. The van der Waals surface area contributed by atoms with Gasteiger partial charge in [-0.15, -0.1) is 0 Å². The number of methoxy groups -OCH3 is 1. The maximum atomic E-state index is 13.2. The Kier molecular flexibility index (Phi) is 9.61. The van der Waals surface area contributed by atoms with Gasteiger partial charge in [-0.25, -0.2) is 14.4 Å². The molecule has 3 aromatic rings. The maximum absolute atomic E-state index is 13.2. The standard InChI is InChI=1S/C30H29NO9/c1-19(32)31-24-26(40-29(35)22-16-10-5-11-17-22)25(39-28(34)21-14-8-4-9-15-21)23(38-30(24)36-2)18-37-27(33)20-12-6-3-7-13-20/h3-17,23-26,30H,18H2,1-2H3,(H,31,32)/t23?,24?,25-,26?,30+/m0/s1. The van der Waals surface area contributed by atoms with Gasteiger partial charge in [0.1, 0.15) is 18.8 Å². The summed E-state index contributed by atoms with van der Waals surface area (Å²) in [4.78, 5) is 51.1. The minimum Gasteiger partial charge on any atom is -0.459 e. The highest BCUT2D eigenvalue weighted by Crippen LogP contribution is 2.29. The van der Waals surface area contributed by atoms with Gasteiger partial charge in [0.25, 0.3) is 0 Å². The first kappa shape index (κ1) is 28.5. The first-order valence-corrected chi connectivity index (χ1v) is 12.6. The van der Waals surface area contributed by atoms with Crippen LogP contribution in [0.3, 0.4) is 0 Å². The second-order valence-corrected chi connectivity index (χ2v) is 8.94. The fraction of sp³-hybridized carbons (Fsp3) is 0.267. The first-order chi connectivity index (χ1) is 19.4. The number of carbonyl (C=O) groups excluding carboxylic acids is 4. The van der Waals surface area contributed by atoms with Gasteiger partial charge in [0.15, 0.2) is 18.5 Å². The van der Waals surface area contributed by atoms with Crippen molar-refractivity contribution in [3.63, 3.8) is 0 Å². The van der Waals surface area contributed by atoms with E-state index in [2.05, 4.69) is 5.32 Å². The number of benzene rings is 3. The van der Waals surface area contributed by atoms with Crippen LogP contribution in [0.4, 0.5) is 0 Å². The number of ether oxygens (including phenoxy) is 5. The number of esters is 3. The van der Waals surface area contributed by atoms with Gasteiger partial charge in [-0.3, -0.25) is 4.79 Å². The zero-order valence-corrected chi connectivity index (χ0v) is 21.9. The topological polar surface area (TPSA) is 126 Å². The van der Waals surface area contributed by atoms with Crippen molar-refractivity contribution in [1.29, 1.82) is 0 Å². The van der Waals surface area contributed by atoms with Crippen LogP contribution in [-0.2, 0) is 28.5 Å². The SMILES string of the molecule is CO[C@@H]1OC(COC(=O)c2ccccc2)[C@H](OC(=O)c2ccccc2)C(OC(=O)c2ccccc2)C1NC(C)=O. The van der Waals surface area contributed by atoms with Crippen LogP contribution in [0.2, 0.25) is 0 Å². The number of rotatable bonds is 9. The lowest BCUT2D eigenvalue weighted by Gasteiger charge is -2.44. The Morgan fingerprint density at radius 1 is 0.700 bits per heavy atom. The van der Waals surface area contributed by atoms with E-state index in [9.17, 15) is 19.2 Å². The van der Waals surface area contributed by atoms with Crippen molar-refractivity contribution in [2.75, 3.05) is 13.7 Å². The lowest BCUT2D eigenvalue weighted by Crippen LogP contribution is -2.66. The monoisotopic (exact) mass is 547 g/mol. The van der Waals surface area contributed by atoms with Gasteiger partial charge in [0.05, 0.1) is 16.7 Å². The van der Waals surface area contributed by atoms with Crippen molar-refractivity contribution < 1.29 is 42.9 Å². The molecule has 0 aromatic heterocycles. The average molecular weight is 548 g/mol. The zero-order chi connectivity index (χ0) is 28.5.